The molecule has 0 saturated carbocycles. The van der Waals surface area contributed by atoms with Crippen molar-refractivity contribution in [2.45, 2.75) is 33.2 Å². The second-order valence-corrected chi connectivity index (χ2v) is 9.11. The Morgan fingerprint density at radius 3 is 2.41 bits per heavy atom. The van der Waals surface area contributed by atoms with Gasteiger partial charge in [0.05, 0.1) is 25.5 Å². The van der Waals surface area contributed by atoms with Crippen molar-refractivity contribution in [3.05, 3.63) is 124 Å². The van der Waals surface area contributed by atoms with Gasteiger partial charge >= 0.3 is 5.97 Å². The van der Waals surface area contributed by atoms with Crippen LogP contribution in [0, 0.1) is 6.92 Å². The fraction of sp³-hybridized carbons (Fsp3) is 0.226. The average molecular weight is 524 g/mol. The van der Waals surface area contributed by atoms with Crippen LogP contribution in [0.2, 0.25) is 0 Å². The van der Waals surface area contributed by atoms with E-state index in [0.717, 1.165) is 39.6 Å². The molecule has 5 rings (SSSR count). The standard InChI is InChI=1S/C31H31N4O4/c1-3-37-31(36)29-28(35(34-33-29)21-24-10-6-4-7-11-24)20-23-14-16-26(17-15-23)38-19-18-27-22(2)39-30(32-27)25-12-8-5-9-13-25/h4-17,34H,3,18-21H2,1-2H3/q-1. The molecule has 0 radical (unpaired) electrons. The van der Waals surface area contributed by atoms with Crippen LogP contribution in [-0.2, 0) is 28.9 Å². The van der Waals surface area contributed by atoms with Crippen LogP contribution in [0.5, 0.6) is 5.75 Å². The van der Waals surface area contributed by atoms with E-state index in [1.807, 2.05) is 96.9 Å². The highest BCUT2D eigenvalue weighted by atomic mass is 16.5. The maximum atomic E-state index is 12.6. The lowest BCUT2D eigenvalue weighted by molar-refractivity contribution is -0.138. The van der Waals surface area contributed by atoms with Gasteiger partial charge in [-0.3, -0.25) is 0 Å². The van der Waals surface area contributed by atoms with E-state index in [9.17, 15) is 4.79 Å². The van der Waals surface area contributed by atoms with Gasteiger partial charge in [-0.1, -0.05) is 60.7 Å². The van der Waals surface area contributed by atoms with E-state index in [2.05, 4.69) is 15.9 Å². The minimum absolute atomic E-state index is 0.289. The molecule has 1 aliphatic heterocycles. The number of carbonyl (C=O) groups is 1. The molecule has 0 aliphatic carbocycles. The molecule has 0 fully saturated rings. The maximum absolute atomic E-state index is 12.6. The van der Waals surface area contributed by atoms with E-state index in [-0.39, 0.29) is 6.61 Å². The number of ether oxygens (including phenoxy) is 2. The number of hydrogen-bond donors (Lipinski definition) is 1. The molecular weight excluding hydrogens is 492 g/mol. The van der Waals surface area contributed by atoms with Gasteiger partial charge in [0.25, 0.3) is 0 Å². The zero-order chi connectivity index (χ0) is 27.0. The number of aryl methyl sites for hydroxylation is 1. The zero-order valence-corrected chi connectivity index (χ0v) is 22.1. The van der Waals surface area contributed by atoms with E-state index < -0.39 is 5.97 Å². The fourth-order valence-electron chi connectivity index (χ4n) is 4.33. The molecule has 2 heterocycles. The van der Waals surface area contributed by atoms with E-state index in [1.54, 1.807) is 6.92 Å². The molecule has 0 unspecified atom stereocenters. The summed E-state index contributed by atoms with van der Waals surface area (Å²) in [5.41, 5.74) is 12.3. The van der Waals surface area contributed by atoms with Gasteiger partial charge in [0.1, 0.15) is 11.5 Å². The number of rotatable bonds is 11. The summed E-state index contributed by atoms with van der Waals surface area (Å²) in [7, 11) is 0. The van der Waals surface area contributed by atoms with E-state index in [0.29, 0.717) is 37.6 Å². The number of esters is 1. The van der Waals surface area contributed by atoms with Gasteiger partial charge in [-0.15, -0.1) is 0 Å². The Labute approximate surface area is 228 Å². The normalized spacial score (nSPS) is 12.9. The predicted octanol–water partition coefficient (Wildman–Crippen LogP) is 5.90. The Morgan fingerprint density at radius 1 is 0.974 bits per heavy atom. The average Bonchev–Trinajstić information content (AvgIpc) is 3.53. The summed E-state index contributed by atoms with van der Waals surface area (Å²) < 4.78 is 17.1. The number of allylic oxidation sites excluding steroid dienone is 1. The summed E-state index contributed by atoms with van der Waals surface area (Å²) in [6.07, 6.45) is 1.15. The first-order chi connectivity index (χ1) is 19.1. The van der Waals surface area contributed by atoms with Crippen molar-refractivity contribution in [3.8, 4) is 17.2 Å². The maximum Gasteiger partial charge on any atom is 0.318 e. The fourth-order valence-corrected chi connectivity index (χ4v) is 4.33. The highest BCUT2D eigenvalue weighted by molar-refractivity contribution is 5.92. The van der Waals surface area contributed by atoms with Gasteiger partial charge in [-0.05, 0) is 54.9 Å². The van der Waals surface area contributed by atoms with Crippen LogP contribution in [-0.4, -0.2) is 29.2 Å². The Kier molecular flexibility index (Phi) is 8.23. The van der Waals surface area contributed by atoms with Gasteiger partial charge in [0.15, 0.2) is 0 Å². The lowest BCUT2D eigenvalue weighted by Crippen LogP contribution is -2.29. The van der Waals surface area contributed by atoms with Gasteiger partial charge in [0.2, 0.25) is 5.89 Å². The topological polar surface area (TPSA) is 90.9 Å². The Balaban J connectivity index is 1.22. The minimum Gasteiger partial charge on any atom is -0.597 e. The minimum atomic E-state index is -0.436. The summed E-state index contributed by atoms with van der Waals surface area (Å²) in [5, 5.41) is 1.88. The van der Waals surface area contributed by atoms with Crippen molar-refractivity contribution in [3.63, 3.8) is 0 Å². The molecule has 1 aromatic heterocycles. The summed E-state index contributed by atoms with van der Waals surface area (Å²) in [6.45, 7) is 5.04. The van der Waals surface area contributed by atoms with E-state index in [1.165, 1.54) is 0 Å². The molecule has 1 aliphatic rings. The third-order valence-corrected chi connectivity index (χ3v) is 6.35. The molecule has 3 aromatic carbocycles. The van der Waals surface area contributed by atoms with Crippen molar-refractivity contribution in [1.82, 2.24) is 15.5 Å². The second-order valence-electron chi connectivity index (χ2n) is 9.11. The van der Waals surface area contributed by atoms with Crippen LogP contribution < -0.4 is 10.3 Å². The van der Waals surface area contributed by atoms with Crippen LogP contribution in [0.25, 0.3) is 16.9 Å². The monoisotopic (exact) mass is 523 g/mol. The highest BCUT2D eigenvalue weighted by Crippen LogP contribution is 2.28. The molecular formula is C31H31N4O4-. The molecule has 8 heteroatoms. The Bertz CT molecular complexity index is 1420. The van der Waals surface area contributed by atoms with Gasteiger partial charge in [-0.25, -0.2) is 9.78 Å². The van der Waals surface area contributed by atoms with Crippen molar-refractivity contribution < 1.29 is 18.7 Å². The summed E-state index contributed by atoms with van der Waals surface area (Å²) in [6, 6.07) is 27.8. The molecule has 0 bridgehead atoms. The molecule has 0 saturated heterocycles. The first kappa shape index (κ1) is 26.1. The predicted molar refractivity (Wildman–Crippen MR) is 148 cm³/mol. The number of nitrogens with one attached hydrogen (secondary N) is 1. The van der Waals surface area contributed by atoms with E-state index >= 15 is 0 Å². The number of aromatic nitrogens is 1. The molecule has 8 nitrogen and oxygen atoms in total. The summed E-state index contributed by atoms with van der Waals surface area (Å²) in [4.78, 5) is 17.2. The van der Waals surface area contributed by atoms with Crippen LogP contribution in [0.4, 0.5) is 0 Å². The number of hydrogen-bond acceptors (Lipinski definition) is 7. The largest absolute Gasteiger partial charge is 0.597 e. The third-order valence-electron chi connectivity index (χ3n) is 6.35. The van der Waals surface area contributed by atoms with Crippen LogP contribution in [0.1, 0.15) is 29.5 Å². The summed E-state index contributed by atoms with van der Waals surface area (Å²) in [5.74, 6) is 1.75. The second kappa shape index (κ2) is 12.3. The van der Waals surface area contributed by atoms with Gasteiger partial charge in [-0.2, -0.15) is 0 Å². The molecule has 4 aromatic rings. The van der Waals surface area contributed by atoms with E-state index in [4.69, 9.17) is 13.9 Å². The number of hydrazine groups is 1. The lowest BCUT2D eigenvalue weighted by atomic mass is 10.1. The Hall–Kier alpha value is -4.56. The zero-order valence-electron chi connectivity index (χ0n) is 22.1. The third kappa shape index (κ3) is 6.48. The van der Waals surface area contributed by atoms with Gasteiger partial charge in [0, 0.05) is 24.1 Å². The molecule has 200 valence electrons. The molecule has 1 N–H and O–H groups in total. The SMILES string of the molecule is CCOC(=O)C1=C(Cc2ccc(OCCc3nc(-c4ccccc4)oc3C)cc2)N(Cc2ccccc2)N[N-]1. The number of carbonyl (C=O) groups excluding carboxylic acids is 1. The quantitative estimate of drug-likeness (QED) is 0.245. The first-order valence-corrected chi connectivity index (χ1v) is 13.0. The summed E-state index contributed by atoms with van der Waals surface area (Å²) >= 11 is 0. The van der Waals surface area contributed by atoms with Crippen molar-refractivity contribution in [2.75, 3.05) is 13.2 Å². The number of nitrogens with zero attached hydrogens (tertiary/aromatic N) is 3. The van der Waals surface area contributed by atoms with Crippen LogP contribution in [0.3, 0.4) is 0 Å². The smallest absolute Gasteiger partial charge is 0.318 e. The van der Waals surface area contributed by atoms with Crippen molar-refractivity contribution in [2.24, 2.45) is 0 Å². The van der Waals surface area contributed by atoms with Gasteiger partial charge < -0.3 is 29.9 Å². The lowest BCUT2D eigenvalue weighted by Gasteiger charge is -2.26. The van der Waals surface area contributed by atoms with Crippen LogP contribution in [0.15, 0.2) is 101 Å². The highest BCUT2D eigenvalue weighted by Gasteiger charge is 2.20. The van der Waals surface area contributed by atoms with Crippen LogP contribution >= 0.6 is 0 Å². The first-order valence-electron chi connectivity index (χ1n) is 13.0. The van der Waals surface area contributed by atoms with Crippen molar-refractivity contribution >= 4 is 5.97 Å². The molecule has 0 spiro atoms. The molecule has 0 amide bonds. The molecule has 0 atom stereocenters. The number of oxazole rings is 1. The Morgan fingerprint density at radius 2 is 1.69 bits per heavy atom. The molecule has 39 heavy (non-hydrogen) atoms. The van der Waals surface area contributed by atoms with Crippen molar-refractivity contribution in [1.29, 1.82) is 0 Å². The number of benzene rings is 3.